The van der Waals surface area contributed by atoms with Crippen molar-refractivity contribution in [1.82, 2.24) is 9.88 Å². The van der Waals surface area contributed by atoms with Gasteiger partial charge in [-0.3, -0.25) is 9.78 Å². The first-order chi connectivity index (χ1) is 11.5. The van der Waals surface area contributed by atoms with Gasteiger partial charge in [0.2, 0.25) is 0 Å². The molecule has 1 saturated heterocycles. The van der Waals surface area contributed by atoms with E-state index >= 15 is 0 Å². The number of benzene rings is 1. The van der Waals surface area contributed by atoms with Gasteiger partial charge < -0.3 is 4.90 Å². The fraction of sp³-hybridized carbons (Fsp3) is 0.294. The molecule has 1 amide bonds. The van der Waals surface area contributed by atoms with Crippen molar-refractivity contribution in [2.24, 2.45) is 0 Å². The summed E-state index contributed by atoms with van der Waals surface area (Å²) in [6.45, 7) is 0.354. The molecule has 0 aliphatic carbocycles. The lowest BCUT2D eigenvalue weighted by Gasteiger charge is -2.20. The summed E-state index contributed by atoms with van der Waals surface area (Å²) in [5.74, 6) is -0.969. The smallest absolute Gasteiger partial charge is 0.255 e. The van der Waals surface area contributed by atoms with Crippen LogP contribution in [0.1, 0.15) is 27.6 Å². The lowest BCUT2D eigenvalue weighted by Crippen LogP contribution is -2.33. The first-order valence-corrected chi connectivity index (χ1v) is 9.36. The number of halogens is 1. The Labute approximate surface area is 140 Å². The lowest BCUT2D eigenvalue weighted by atomic mass is 10.1. The van der Waals surface area contributed by atoms with Crippen LogP contribution in [0.15, 0.2) is 48.8 Å². The SMILES string of the molecule is O=C(c1cccnc1)N1CC[C@@H](c2ccccc2F)S(=O)(=O)CC1. The highest BCUT2D eigenvalue weighted by molar-refractivity contribution is 7.91. The largest absolute Gasteiger partial charge is 0.338 e. The minimum atomic E-state index is -3.53. The van der Waals surface area contributed by atoms with Crippen LogP contribution in [0.5, 0.6) is 0 Å². The van der Waals surface area contributed by atoms with Gasteiger partial charge in [0.25, 0.3) is 5.91 Å². The first kappa shape index (κ1) is 16.6. The zero-order chi connectivity index (χ0) is 17.2. The Hall–Kier alpha value is -2.28. The summed E-state index contributed by atoms with van der Waals surface area (Å²) in [5, 5.41) is -0.926. The van der Waals surface area contributed by atoms with E-state index in [2.05, 4.69) is 4.98 Å². The van der Waals surface area contributed by atoms with Crippen molar-refractivity contribution in [3.8, 4) is 0 Å². The van der Waals surface area contributed by atoms with Crippen LogP contribution in [0.4, 0.5) is 4.39 Å². The number of nitrogens with zero attached hydrogens (tertiary/aromatic N) is 2. The molecule has 0 spiro atoms. The molecule has 3 rings (SSSR count). The van der Waals surface area contributed by atoms with Crippen LogP contribution in [0.25, 0.3) is 0 Å². The molecular weight excluding hydrogens is 331 g/mol. The lowest BCUT2D eigenvalue weighted by molar-refractivity contribution is 0.0766. The van der Waals surface area contributed by atoms with E-state index in [9.17, 15) is 17.6 Å². The Morgan fingerprint density at radius 2 is 1.96 bits per heavy atom. The molecule has 2 heterocycles. The summed E-state index contributed by atoms with van der Waals surface area (Å²) in [6, 6.07) is 9.20. The van der Waals surface area contributed by atoms with Gasteiger partial charge in [-0.05, 0) is 24.6 Å². The molecular formula is C17H17FN2O3S. The number of hydrogen-bond acceptors (Lipinski definition) is 4. The zero-order valence-electron chi connectivity index (χ0n) is 12.9. The average Bonchev–Trinajstić information content (AvgIpc) is 2.74. The van der Waals surface area contributed by atoms with Gasteiger partial charge in [0, 0.05) is 31.0 Å². The Morgan fingerprint density at radius 3 is 2.67 bits per heavy atom. The second-order valence-corrected chi connectivity index (χ2v) is 8.00. The van der Waals surface area contributed by atoms with Crippen LogP contribution in [-0.4, -0.2) is 43.1 Å². The Morgan fingerprint density at radius 1 is 1.17 bits per heavy atom. The van der Waals surface area contributed by atoms with Crippen molar-refractivity contribution in [2.75, 3.05) is 18.8 Å². The number of rotatable bonds is 2. The maximum Gasteiger partial charge on any atom is 0.255 e. The molecule has 1 atom stereocenters. The third-order valence-electron chi connectivity index (χ3n) is 4.19. The molecule has 5 nitrogen and oxygen atoms in total. The maximum absolute atomic E-state index is 14.0. The summed E-state index contributed by atoms with van der Waals surface area (Å²) in [7, 11) is -3.53. The van der Waals surface area contributed by atoms with Crippen molar-refractivity contribution in [3.05, 3.63) is 65.7 Å². The standard InChI is InChI=1S/C17H17FN2O3S/c18-15-6-2-1-5-14(15)16-7-9-20(10-11-24(16,22)23)17(21)13-4-3-8-19-12-13/h1-6,8,12,16H,7,9-11H2/t16-/m0/s1. The predicted molar refractivity (Wildman–Crippen MR) is 87.7 cm³/mol. The van der Waals surface area contributed by atoms with Gasteiger partial charge in [0.05, 0.1) is 16.6 Å². The molecule has 1 aliphatic heterocycles. The quantitative estimate of drug-likeness (QED) is 0.835. The normalized spacial score (nSPS) is 20.4. The molecule has 0 N–H and O–H groups in total. The monoisotopic (exact) mass is 348 g/mol. The molecule has 2 aromatic rings. The number of carbonyl (C=O) groups is 1. The van der Waals surface area contributed by atoms with Crippen LogP contribution >= 0.6 is 0 Å². The van der Waals surface area contributed by atoms with E-state index in [4.69, 9.17) is 0 Å². The minimum Gasteiger partial charge on any atom is -0.338 e. The Balaban J connectivity index is 1.85. The molecule has 0 unspecified atom stereocenters. The van der Waals surface area contributed by atoms with Gasteiger partial charge >= 0.3 is 0 Å². The highest BCUT2D eigenvalue weighted by atomic mass is 32.2. The molecule has 1 fully saturated rings. The summed E-state index contributed by atoms with van der Waals surface area (Å²) in [4.78, 5) is 17.9. The average molecular weight is 348 g/mol. The molecule has 7 heteroatoms. The summed E-state index contributed by atoms with van der Waals surface area (Å²) >= 11 is 0. The third-order valence-corrected chi connectivity index (χ3v) is 6.30. The van der Waals surface area contributed by atoms with Crippen molar-refractivity contribution < 1.29 is 17.6 Å². The van der Waals surface area contributed by atoms with Gasteiger partial charge in [-0.25, -0.2) is 12.8 Å². The van der Waals surface area contributed by atoms with Crippen molar-refractivity contribution in [3.63, 3.8) is 0 Å². The number of aromatic nitrogens is 1. The predicted octanol–water partition coefficient (Wildman–Crippen LogP) is 2.22. The summed E-state index contributed by atoms with van der Waals surface area (Å²) in [6.07, 6.45) is 3.20. The first-order valence-electron chi connectivity index (χ1n) is 7.64. The molecule has 1 aromatic heterocycles. The van der Waals surface area contributed by atoms with Gasteiger partial charge in [0.15, 0.2) is 9.84 Å². The Bertz CT molecular complexity index is 840. The third kappa shape index (κ3) is 3.31. The van der Waals surface area contributed by atoms with Gasteiger partial charge in [-0.15, -0.1) is 0 Å². The summed E-state index contributed by atoms with van der Waals surface area (Å²) in [5.41, 5.74) is 0.590. The number of hydrogen-bond donors (Lipinski definition) is 0. The van der Waals surface area contributed by atoms with E-state index in [1.807, 2.05) is 0 Å². The molecule has 24 heavy (non-hydrogen) atoms. The second kappa shape index (κ2) is 6.68. The van der Waals surface area contributed by atoms with E-state index in [1.54, 1.807) is 24.4 Å². The number of carbonyl (C=O) groups excluding carboxylic acids is 1. The fourth-order valence-electron chi connectivity index (χ4n) is 2.90. The number of amides is 1. The molecule has 0 radical (unpaired) electrons. The van der Waals surface area contributed by atoms with Crippen molar-refractivity contribution in [2.45, 2.75) is 11.7 Å². The van der Waals surface area contributed by atoms with Crippen molar-refractivity contribution >= 4 is 15.7 Å². The molecule has 1 aromatic carbocycles. The van der Waals surface area contributed by atoms with Gasteiger partial charge in [-0.2, -0.15) is 0 Å². The fourth-order valence-corrected chi connectivity index (χ4v) is 4.71. The molecule has 126 valence electrons. The maximum atomic E-state index is 14.0. The minimum absolute atomic E-state index is 0.0982. The summed E-state index contributed by atoms with van der Waals surface area (Å²) < 4.78 is 39.1. The number of pyridine rings is 1. The van der Waals surface area contributed by atoms with Crippen LogP contribution in [0.3, 0.4) is 0 Å². The van der Waals surface area contributed by atoms with Gasteiger partial charge in [0.1, 0.15) is 5.82 Å². The highest BCUT2D eigenvalue weighted by Crippen LogP contribution is 2.31. The van der Waals surface area contributed by atoms with Crippen LogP contribution in [0, 0.1) is 5.82 Å². The molecule has 0 bridgehead atoms. The van der Waals surface area contributed by atoms with Crippen LogP contribution in [0.2, 0.25) is 0 Å². The van der Waals surface area contributed by atoms with E-state index in [1.165, 1.54) is 29.3 Å². The van der Waals surface area contributed by atoms with E-state index in [0.717, 1.165) is 0 Å². The number of sulfone groups is 1. The topological polar surface area (TPSA) is 67.3 Å². The molecule has 1 aliphatic rings. The van der Waals surface area contributed by atoms with Crippen LogP contribution in [-0.2, 0) is 9.84 Å². The van der Waals surface area contributed by atoms with E-state index < -0.39 is 20.9 Å². The van der Waals surface area contributed by atoms with Crippen LogP contribution < -0.4 is 0 Å². The Kier molecular flexibility index (Phi) is 4.62. The zero-order valence-corrected chi connectivity index (χ0v) is 13.7. The highest BCUT2D eigenvalue weighted by Gasteiger charge is 2.34. The van der Waals surface area contributed by atoms with Gasteiger partial charge in [-0.1, -0.05) is 18.2 Å². The van der Waals surface area contributed by atoms with E-state index in [0.29, 0.717) is 5.56 Å². The molecule has 0 saturated carbocycles. The van der Waals surface area contributed by atoms with Crippen molar-refractivity contribution in [1.29, 1.82) is 0 Å². The second-order valence-electron chi connectivity index (χ2n) is 5.70. The van der Waals surface area contributed by atoms with E-state index in [-0.39, 0.29) is 36.7 Å².